The fourth-order valence-corrected chi connectivity index (χ4v) is 2.75. The number of hydrogen-bond donors (Lipinski definition) is 1. The lowest BCUT2D eigenvalue weighted by Crippen LogP contribution is -2.36. The van der Waals surface area contributed by atoms with Crippen molar-refractivity contribution in [3.8, 4) is 17.5 Å². The number of carbonyl (C=O) groups excluding carboxylic acids is 1. The third-order valence-electron chi connectivity index (χ3n) is 4.08. The van der Waals surface area contributed by atoms with Gasteiger partial charge in [0.15, 0.2) is 6.19 Å². The quantitative estimate of drug-likeness (QED) is 0.655. The lowest BCUT2D eigenvalue weighted by molar-refractivity contribution is -0.144. The van der Waals surface area contributed by atoms with Crippen molar-refractivity contribution in [1.82, 2.24) is 20.2 Å². The number of rotatable bonds is 3. The number of aromatic nitrogens is 2. The third kappa shape index (κ3) is 4.13. The molecule has 3 rings (SSSR count). The highest BCUT2D eigenvalue weighted by Crippen LogP contribution is 2.28. The first kappa shape index (κ1) is 18.6. The molecule has 1 saturated heterocycles. The molecule has 6 nitrogen and oxygen atoms in total. The van der Waals surface area contributed by atoms with E-state index in [1.54, 1.807) is 0 Å². The molecule has 0 aliphatic carbocycles. The molecule has 0 saturated carbocycles. The normalized spacial score (nSPS) is 16.9. The zero-order valence-electron chi connectivity index (χ0n) is 13.8. The maximum absolute atomic E-state index is 14.3. The summed E-state index contributed by atoms with van der Waals surface area (Å²) in [6.45, 7) is 0.862. The first-order valence-corrected chi connectivity index (χ1v) is 7.93. The molecule has 1 N–H and O–H groups in total. The summed E-state index contributed by atoms with van der Waals surface area (Å²) in [7, 11) is 0. The molecule has 1 atom stereocenters. The summed E-state index contributed by atoms with van der Waals surface area (Å²) in [5.41, 5.74) is -0.253. The van der Waals surface area contributed by atoms with Crippen LogP contribution in [0.1, 0.15) is 22.6 Å². The number of amides is 1. The number of likely N-dealkylation sites (tertiary alicyclic amines) is 1. The fourth-order valence-electron chi connectivity index (χ4n) is 2.75. The Morgan fingerprint density at radius 2 is 2.11 bits per heavy atom. The molecule has 2 heterocycles. The molecule has 1 aliphatic rings. The number of hydrogen-bond acceptors (Lipinski definition) is 5. The number of nitrogens with zero attached hydrogens (tertiary/aromatic N) is 4. The minimum Gasteiger partial charge on any atom is -0.347 e. The van der Waals surface area contributed by atoms with Gasteiger partial charge < -0.3 is 10.2 Å². The zero-order valence-corrected chi connectivity index (χ0v) is 13.8. The maximum atomic E-state index is 14.3. The van der Waals surface area contributed by atoms with Crippen molar-refractivity contribution in [2.75, 3.05) is 13.1 Å². The van der Waals surface area contributed by atoms with Gasteiger partial charge in [-0.15, -0.1) is 0 Å². The number of halogens is 4. The third-order valence-corrected chi connectivity index (χ3v) is 4.08. The number of benzene rings is 1. The average Bonchev–Trinajstić information content (AvgIpc) is 3.08. The fraction of sp³-hybridized carbons (Fsp3) is 0.294. The van der Waals surface area contributed by atoms with Crippen LogP contribution in [0.2, 0.25) is 0 Å². The van der Waals surface area contributed by atoms with E-state index in [2.05, 4.69) is 15.3 Å². The van der Waals surface area contributed by atoms with Crippen LogP contribution in [0.3, 0.4) is 0 Å². The van der Waals surface area contributed by atoms with Crippen LogP contribution in [0.5, 0.6) is 0 Å². The SMILES string of the molecule is N#CN1CC[C@@H](NC(=O)c2ccc(-c3ccnc(C(F)(F)F)n3)cc2F)C1. The van der Waals surface area contributed by atoms with E-state index in [0.29, 0.717) is 19.5 Å². The highest BCUT2D eigenvalue weighted by molar-refractivity contribution is 5.95. The predicted octanol–water partition coefficient (Wildman–Crippen LogP) is 2.59. The summed E-state index contributed by atoms with van der Waals surface area (Å²) in [6.07, 6.45) is -1.24. The van der Waals surface area contributed by atoms with Gasteiger partial charge in [-0.3, -0.25) is 4.79 Å². The average molecular weight is 379 g/mol. The van der Waals surface area contributed by atoms with Crippen molar-refractivity contribution in [1.29, 1.82) is 5.26 Å². The Bertz CT molecular complexity index is 909. The van der Waals surface area contributed by atoms with E-state index in [0.717, 1.165) is 12.3 Å². The Morgan fingerprint density at radius 3 is 2.74 bits per heavy atom. The molecule has 0 radical (unpaired) electrons. The van der Waals surface area contributed by atoms with E-state index in [1.165, 1.54) is 23.1 Å². The first-order chi connectivity index (χ1) is 12.8. The van der Waals surface area contributed by atoms with Gasteiger partial charge in [-0.2, -0.15) is 18.4 Å². The molecule has 140 valence electrons. The van der Waals surface area contributed by atoms with E-state index in [1.807, 2.05) is 6.19 Å². The summed E-state index contributed by atoms with van der Waals surface area (Å²) < 4.78 is 52.5. The van der Waals surface area contributed by atoms with Crippen molar-refractivity contribution in [3.63, 3.8) is 0 Å². The van der Waals surface area contributed by atoms with E-state index in [4.69, 9.17) is 5.26 Å². The van der Waals surface area contributed by atoms with Gasteiger partial charge in [0.1, 0.15) is 5.82 Å². The van der Waals surface area contributed by atoms with Crippen LogP contribution in [0.15, 0.2) is 30.5 Å². The number of alkyl halides is 3. The molecule has 2 aromatic rings. The van der Waals surface area contributed by atoms with E-state index in [9.17, 15) is 22.4 Å². The standard InChI is InChI=1S/C17H13F4N5O/c18-13-7-10(14-3-5-23-16(25-14)17(19,20)21)1-2-12(13)15(27)24-11-4-6-26(8-11)9-22/h1-3,5,7,11H,4,6,8H2,(H,24,27)/t11-/m1/s1. The van der Waals surface area contributed by atoms with E-state index < -0.39 is 23.7 Å². The van der Waals surface area contributed by atoms with Crippen molar-refractivity contribution in [2.24, 2.45) is 0 Å². The largest absolute Gasteiger partial charge is 0.451 e. The summed E-state index contributed by atoms with van der Waals surface area (Å²) >= 11 is 0. The highest BCUT2D eigenvalue weighted by Gasteiger charge is 2.34. The van der Waals surface area contributed by atoms with E-state index >= 15 is 0 Å². The minimum absolute atomic E-state index is 0.0912. The zero-order chi connectivity index (χ0) is 19.6. The maximum Gasteiger partial charge on any atom is 0.451 e. The number of nitrogens with one attached hydrogen (secondary N) is 1. The number of nitriles is 1. The molecule has 1 fully saturated rings. The predicted molar refractivity (Wildman–Crippen MR) is 85.5 cm³/mol. The van der Waals surface area contributed by atoms with Crippen molar-refractivity contribution in [3.05, 3.63) is 47.7 Å². The Hall–Kier alpha value is -3.22. The summed E-state index contributed by atoms with van der Waals surface area (Å²) in [5.74, 6) is -2.86. The van der Waals surface area contributed by atoms with Gasteiger partial charge in [0.2, 0.25) is 5.82 Å². The van der Waals surface area contributed by atoms with Crippen LogP contribution in [-0.2, 0) is 6.18 Å². The van der Waals surface area contributed by atoms with Crippen LogP contribution in [0.4, 0.5) is 17.6 Å². The molecule has 0 bridgehead atoms. The van der Waals surface area contributed by atoms with Crippen LogP contribution in [-0.4, -0.2) is 39.9 Å². The topological polar surface area (TPSA) is 81.9 Å². The number of carbonyl (C=O) groups is 1. The molecule has 1 aromatic heterocycles. The lowest BCUT2D eigenvalue weighted by Gasteiger charge is -2.13. The van der Waals surface area contributed by atoms with Gasteiger partial charge in [-0.1, -0.05) is 6.07 Å². The van der Waals surface area contributed by atoms with Crippen LogP contribution < -0.4 is 5.32 Å². The smallest absolute Gasteiger partial charge is 0.347 e. The molecule has 1 aliphatic heterocycles. The van der Waals surface area contributed by atoms with Gasteiger partial charge in [0.25, 0.3) is 5.91 Å². The lowest BCUT2D eigenvalue weighted by atomic mass is 10.1. The summed E-state index contributed by atoms with van der Waals surface area (Å²) in [6, 6.07) is 4.41. The monoisotopic (exact) mass is 379 g/mol. The molecule has 10 heteroatoms. The van der Waals surface area contributed by atoms with Gasteiger partial charge in [-0.25, -0.2) is 14.4 Å². The van der Waals surface area contributed by atoms with Crippen molar-refractivity contribution >= 4 is 5.91 Å². The Balaban J connectivity index is 1.78. The van der Waals surface area contributed by atoms with Crippen LogP contribution in [0.25, 0.3) is 11.3 Å². The summed E-state index contributed by atoms with van der Waals surface area (Å²) in [5, 5.41) is 11.5. The molecule has 0 unspecified atom stereocenters. The summed E-state index contributed by atoms with van der Waals surface area (Å²) in [4.78, 5) is 20.3. The highest BCUT2D eigenvalue weighted by atomic mass is 19.4. The second kappa shape index (κ2) is 7.19. The van der Waals surface area contributed by atoms with E-state index in [-0.39, 0.29) is 22.9 Å². The molecular weight excluding hydrogens is 366 g/mol. The molecule has 0 spiro atoms. The van der Waals surface area contributed by atoms with Crippen molar-refractivity contribution in [2.45, 2.75) is 18.6 Å². The Kier molecular flexibility index (Phi) is 4.94. The molecule has 1 amide bonds. The second-order valence-corrected chi connectivity index (χ2v) is 5.96. The van der Waals surface area contributed by atoms with Gasteiger partial charge >= 0.3 is 6.18 Å². The first-order valence-electron chi connectivity index (χ1n) is 7.93. The van der Waals surface area contributed by atoms with Gasteiger partial charge in [-0.05, 0) is 24.6 Å². The molecule has 27 heavy (non-hydrogen) atoms. The van der Waals surface area contributed by atoms with Gasteiger partial charge in [0.05, 0.1) is 11.3 Å². The molecule has 1 aromatic carbocycles. The minimum atomic E-state index is -4.72. The molecular formula is C17H13F4N5O. The second-order valence-electron chi connectivity index (χ2n) is 5.96. The Labute approximate surface area is 151 Å². The van der Waals surface area contributed by atoms with Crippen LogP contribution >= 0.6 is 0 Å². The van der Waals surface area contributed by atoms with Crippen molar-refractivity contribution < 1.29 is 22.4 Å². The van der Waals surface area contributed by atoms with Crippen LogP contribution in [0, 0.1) is 17.3 Å². The van der Waals surface area contributed by atoms with Gasteiger partial charge in [0, 0.05) is 30.9 Å². The Morgan fingerprint density at radius 1 is 1.33 bits per heavy atom.